The predicted molar refractivity (Wildman–Crippen MR) is 121 cm³/mol. The average Bonchev–Trinajstić information content (AvgIpc) is 3.27. The number of aryl methyl sites for hydroxylation is 1. The molecule has 32 heavy (non-hydrogen) atoms. The molecule has 166 valence electrons. The number of hydrogen-bond donors (Lipinski definition) is 3. The normalized spacial score (nSPS) is 15.4. The van der Waals surface area contributed by atoms with Gasteiger partial charge in [0.1, 0.15) is 11.8 Å². The van der Waals surface area contributed by atoms with Gasteiger partial charge in [-0.15, -0.1) is 0 Å². The molecule has 0 saturated heterocycles. The summed E-state index contributed by atoms with van der Waals surface area (Å²) in [5.74, 6) is -0.619. The lowest BCUT2D eigenvalue weighted by Gasteiger charge is -2.27. The Morgan fingerprint density at radius 3 is 2.66 bits per heavy atom. The van der Waals surface area contributed by atoms with Gasteiger partial charge < -0.3 is 20.4 Å². The van der Waals surface area contributed by atoms with Crippen LogP contribution in [0.2, 0.25) is 0 Å². The maximum Gasteiger partial charge on any atom is 0.251 e. The third kappa shape index (κ3) is 5.00. The second-order valence-electron chi connectivity index (χ2n) is 7.69. The van der Waals surface area contributed by atoms with E-state index in [-0.39, 0.29) is 24.0 Å². The summed E-state index contributed by atoms with van der Waals surface area (Å²) in [6, 6.07) is 14.7. The first-order chi connectivity index (χ1) is 15.3. The molecule has 3 N–H and O–H groups in total. The van der Waals surface area contributed by atoms with Crippen LogP contribution in [0.25, 0.3) is 0 Å². The molecule has 0 spiro atoms. The average molecular weight is 454 g/mol. The second kappa shape index (κ2) is 8.88. The van der Waals surface area contributed by atoms with E-state index in [9.17, 15) is 18.0 Å². The summed E-state index contributed by atoms with van der Waals surface area (Å²) in [6.45, 7) is 2.10. The molecular weight excluding hydrogens is 430 g/mol. The van der Waals surface area contributed by atoms with Crippen molar-refractivity contribution in [2.75, 3.05) is 16.4 Å². The summed E-state index contributed by atoms with van der Waals surface area (Å²) in [4.78, 5) is 25.0. The van der Waals surface area contributed by atoms with Crippen molar-refractivity contribution in [2.24, 2.45) is 0 Å². The molecule has 0 radical (unpaired) electrons. The number of hydrogen-bond acceptors (Lipinski definition) is 6. The number of furan rings is 1. The van der Waals surface area contributed by atoms with Crippen LogP contribution in [-0.4, -0.2) is 32.0 Å². The molecule has 2 heterocycles. The first-order valence-corrected chi connectivity index (χ1v) is 11.9. The zero-order chi connectivity index (χ0) is 22.7. The van der Waals surface area contributed by atoms with E-state index in [0.717, 1.165) is 5.56 Å². The lowest BCUT2D eigenvalue weighted by molar-refractivity contribution is -0.116. The summed E-state index contributed by atoms with van der Waals surface area (Å²) < 4.78 is 30.6. The highest BCUT2D eigenvalue weighted by atomic mass is 32.2. The van der Waals surface area contributed by atoms with Gasteiger partial charge >= 0.3 is 0 Å². The van der Waals surface area contributed by atoms with Crippen molar-refractivity contribution in [3.63, 3.8) is 0 Å². The summed E-state index contributed by atoms with van der Waals surface area (Å²) in [5.41, 5.74) is 2.95. The van der Waals surface area contributed by atoms with E-state index in [0.29, 0.717) is 28.3 Å². The molecule has 1 unspecified atom stereocenters. The number of sulfone groups is 1. The van der Waals surface area contributed by atoms with Gasteiger partial charge in [-0.1, -0.05) is 24.3 Å². The third-order valence-corrected chi connectivity index (χ3v) is 6.84. The van der Waals surface area contributed by atoms with Crippen LogP contribution in [0.4, 0.5) is 11.4 Å². The Bertz CT molecular complexity index is 1250. The molecule has 4 rings (SSSR count). The summed E-state index contributed by atoms with van der Waals surface area (Å²) in [7, 11) is -3.54. The highest BCUT2D eigenvalue weighted by molar-refractivity contribution is 7.90. The van der Waals surface area contributed by atoms with E-state index >= 15 is 0 Å². The van der Waals surface area contributed by atoms with Crippen LogP contribution in [0.1, 0.15) is 27.2 Å². The van der Waals surface area contributed by atoms with Gasteiger partial charge in [-0.25, -0.2) is 8.42 Å². The van der Waals surface area contributed by atoms with Crippen molar-refractivity contribution in [3.05, 3.63) is 83.3 Å². The quantitative estimate of drug-likeness (QED) is 0.506. The number of fused-ring (bicyclic) bond motifs is 1. The molecule has 2 aromatic carbocycles. The molecule has 1 atom stereocenters. The minimum atomic E-state index is -3.54. The van der Waals surface area contributed by atoms with Crippen molar-refractivity contribution in [1.29, 1.82) is 0 Å². The standard InChI is InChI=1S/C23H23N3O5S/c1-15-5-2-3-6-17(15)13-32(29,30)14-21-23(28)26-20-11-16(8-9-19(20)25-21)22(27)24-12-18-7-4-10-31-18/h2-11,21,25H,12-14H2,1H3,(H,24,27)(H,26,28). The monoisotopic (exact) mass is 453 g/mol. The molecule has 8 nitrogen and oxygen atoms in total. The van der Waals surface area contributed by atoms with E-state index in [1.54, 1.807) is 42.5 Å². The molecule has 0 aliphatic carbocycles. The summed E-state index contributed by atoms with van der Waals surface area (Å²) >= 11 is 0. The smallest absolute Gasteiger partial charge is 0.251 e. The summed E-state index contributed by atoms with van der Waals surface area (Å²) in [6.07, 6.45) is 1.53. The Kier molecular flexibility index (Phi) is 6.00. The van der Waals surface area contributed by atoms with Crippen LogP contribution in [0.5, 0.6) is 0 Å². The molecule has 1 aromatic heterocycles. The predicted octanol–water partition coefficient (Wildman–Crippen LogP) is 2.87. The maximum atomic E-state index is 12.7. The number of benzene rings is 2. The summed E-state index contributed by atoms with van der Waals surface area (Å²) in [5, 5.41) is 8.44. The van der Waals surface area contributed by atoms with Crippen molar-refractivity contribution in [2.45, 2.75) is 25.3 Å². The zero-order valence-electron chi connectivity index (χ0n) is 17.4. The fraction of sp³-hybridized carbons (Fsp3) is 0.217. The highest BCUT2D eigenvalue weighted by Gasteiger charge is 2.30. The molecule has 0 bridgehead atoms. The molecular formula is C23H23N3O5S. The number of carbonyl (C=O) groups excluding carboxylic acids is 2. The number of amides is 2. The molecule has 2 amide bonds. The Balaban J connectivity index is 1.42. The number of rotatable bonds is 7. The Labute approximate surface area is 185 Å². The molecule has 0 saturated carbocycles. The van der Waals surface area contributed by atoms with Crippen molar-refractivity contribution in [1.82, 2.24) is 5.32 Å². The maximum absolute atomic E-state index is 12.7. The van der Waals surface area contributed by atoms with E-state index in [4.69, 9.17) is 4.42 Å². The Hall–Kier alpha value is -3.59. The fourth-order valence-corrected chi connectivity index (χ4v) is 5.17. The van der Waals surface area contributed by atoms with E-state index in [1.165, 1.54) is 6.26 Å². The minimum absolute atomic E-state index is 0.132. The van der Waals surface area contributed by atoms with Gasteiger partial charge in [0.2, 0.25) is 5.91 Å². The van der Waals surface area contributed by atoms with Crippen molar-refractivity contribution >= 4 is 33.0 Å². The van der Waals surface area contributed by atoms with Gasteiger partial charge in [-0.3, -0.25) is 9.59 Å². The van der Waals surface area contributed by atoms with E-state index in [1.807, 2.05) is 19.1 Å². The lowest BCUT2D eigenvalue weighted by atomic mass is 10.1. The number of anilines is 2. The van der Waals surface area contributed by atoms with E-state index in [2.05, 4.69) is 16.0 Å². The topological polar surface area (TPSA) is 118 Å². The van der Waals surface area contributed by atoms with Gasteiger partial charge in [0.25, 0.3) is 5.91 Å². The van der Waals surface area contributed by atoms with Gasteiger partial charge in [-0.05, 0) is 48.4 Å². The first-order valence-electron chi connectivity index (χ1n) is 10.1. The van der Waals surface area contributed by atoms with Gasteiger partial charge in [-0.2, -0.15) is 0 Å². The first kappa shape index (κ1) is 21.6. The minimum Gasteiger partial charge on any atom is -0.467 e. The lowest BCUT2D eigenvalue weighted by Crippen LogP contribution is -2.43. The molecule has 3 aromatic rings. The number of carbonyl (C=O) groups is 2. The SMILES string of the molecule is Cc1ccccc1CS(=O)(=O)CC1Nc2ccc(C(=O)NCc3ccco3)cc2NC1=O. The van der Waals surface area contributed by atoms with Crippen LogP contribution in [-0.2, 0) is 26.9 Å². The van der Waals surface area contributed by atoms with E-state index < -0.39 is 21.8 Å². The van der Waals surface area contributed by atoms with Crippen LogP contribution >= 0.6 is 0 Å². The fourth-order valence-electron chi connectivity index (χ4n) is 3.51. The molecule has 9 heteroatoms. The van der Waals surface area contributed by atoms with Gasteiger partial charge in [0.15, 0.2) is 9.84 Å². The van der Waals surface area contributed by atoms with Crippen molar-refractivity contribution < 1.29 is 22.4 Å². The largest absolute Gasteiger partial charge is 0.467 e. The van der Waals surface area contributed by atoms with Crippen molar-refractivity contribution in [3.8, 4) is 0 Å². The van der Waals surface area contributed by atoms with Gasteiger partial charge in [0, 0.05) is 5.56 Å². The Morgan fingerprint density at radius 1 is 1.09 bits per heavy atom. The molecule has 1 aliphatic rings. The van der Waals surface area contributed by atoms with Crippen LogP contribution in [0, 0.1) is 6.92 Å². The molecule has 1 aliphatic heterocycles. The second-order valence-corrected chi connectivity index (χ2v) is 9.80. The molecule has 0 fully saturated rings. The van der Waals surface area contributed by atoms with Crippen LogP contribution < -0.4 is 16.0 Å². The number of nitrogens with one attached hydrogen (secondary N) is 3. The van der Waals surface area contributed by atoms with Crippen LogP contribution in [0.3, 0.4) is 0 Å². The van der Waals surface area contributed by atoms with Crippen LogP contribution in [0.15, 0.2) is 65.3 Å². The highest BCUT2D eigenvalue weighted by Crippen LogP contribution is 2.28. The van der Waals surface area contributed by atoms with Gasteiger partial charge in [0.05, 0.1) is 35.7 Å². The Morgan fingerprint density at radius 2 is 1.91 bits per heavy atom. The zero-order valence-corrected chi connectivity index (χ0v) is 18.2. The third-order valence-electron chi connectivity index (χ3n) is 5.25.